The van der Waals surface area contributed by atoms with E-state index in [9.17, 15) is 0 Å². The maximum Gasteiger partial charge on any atom is 0.191 e. The van der Waals surface area contributed by atoms with E-state index in [1.54, 1.807) is 0 Å². The van der Waals surface area contributed by atoms with Gasteiger partial charge >= 0.3 is 0 Å². The number of morpholine rings is 1. The topological polar surface area (TPSA) is 52.1 Å². The number of halogens is 1. The van der Waals surface area contributed by atoms with Crippen molar-refractivity contribution in [3.8, 4) is 0 Å². The van der Waals surface area contributed by atoms with Crippen LogP contribution in [0.5, 0.6) is 0 Å². The molecule has 28 heavy (non-hydrogen) atoms. The summed E-state index contributed by atoms with van der Waals surface area (Å²) in [5.74, 6) is 1.63. The molecule has 1 unspecified atom stereocenters. The fourth-order valence-electron chi connectivity index (χ4n) is 3.40. The van der Waals surface area contributed by atoms with E-state index < -0.39 is 0 Å². The molecule has 6 nitrogen and oxygen atoms in total. The van der Waals surface area contributed by atoms with Crippen molar-refractivity contribution in [2.24, 2.45) is 10.9 Å². The lowest BCUT2D eigenvalue weighted by molar-refractivity contribution is -0.0261. The van der Waals surface area contributed by atoms with Crippen molar-refractivity contribution in [1.82, 2.24) is 20.4 Å². The van der Waals surface area contributed by atoms with Crippen LogP contribution in [0.3, 0.4) is 0 Å². The van der Waals surface area contributed by atoms with E-state index >= 15 is 0 Å². The van der Waals surface area contributed by atoms with E-state index in [1.165, 1.54) is 38.6 Å². The van der Waals surface area contributed by atoms with E-state index in [-0.39, 0.29) is 30.1 Å². The van der Waals surface area contributed by atoms with Crippen molar-refractivity contribution >= 4 is 29.9 Å². The molecule has 168 valence electrons. The van der Waals surface area contributed by atoms with Crippen LogP contribution in [-0.2, 0) is 4.74 Å². The van der Waals surface area contributed by atoms with Crippen LogP contribution in [0, 0.1) is 5.92 Å². The average Bonchev–Trinajstić information content (AvgIpc) is 2.61. The molecule has 0 radical (unpaired) electrons. The Morgan fingerprint density at radius 3 is 2.54 bits per heavy atom. The molecular formula is C21H46IN5O. The lowest BCUT2D eigenvalue weighted by atomic mass is 10.1. The molecule has 0 saturated carbocycles. The maximum atomic E-state index is 5.91. The third-order valence-electron chi connectivity index (χ3n) is 4.72. The van der Waals surface area contributed by atoms with Gasteiger partial charge in [-0.1, -0.05) is 33.1 Å². The minimum absolute atomic E-state index is 0. The van der Waals surface area contributed by atoms with Gasteiger partial charge < -0.3 is 20.3 Å². The Morgan fingerprint density at radius 2 is 1.86 bits per heavy atom. The summed E-state index contributed by atoms with van der Waals surface area (Å²) in [6.07, 6.45) is 6.66. The highest BCUT2D eigenvalue weighted by atomic mass is 127. The SMILES string of the molecule is CCNC(=NCC1CN(CC(C)C)CCO1)NCCCCCCCN(C)C.I. The number of ether oxygens (including phenoxy) is 1. The standard InChI is InChI=1S/C21H45N5O.HI/c1-6-22-21(23-12-10-8-7-9-11-13-25(4)5)24-16-20-18-26(14-15-27-20)17-19(2)3;/h19-20H,6-18H2,1-5H3,(H2,22,23,24);1H. The van der Waals surface area contributed by atoms with Crippen molar-refractivity contribution in [2.75, 3.05) is 66.5 Å². The van der Waals surface area contributed by atoms with Gasteiger partial charge in [0.05, 0.1) is 19.3 Å². The second-order valence-corrected chi connectivity index (χ2v) is 8.36. The lowest BCUT2D eigenvalue weighted by Crippen LogP contribution is -2.46. The lowest BCUT2D eigenvalue weighted by Gasteiger charge is -2.33. The number of hydrogen-bond donors (Lipinski definition) is 2. The second-order valence-electron chi connectivity index (χ2n) is 8.36. The molecule has 0 aromatic rings. The van der Waals surface area contributed by atoms with Crippen LogP contribution in [0.4, 0.5) is 0 Å². The molecule has 0 bridgehead atoms. The molecule has 7 heteroatoms. The van der Waals surface area contributed by atoms with Gasteiger partial charge in [0.2, 0.25) is 0 Å². The van der Waals surface area contributed by atoms with E-state index in [4.69, 9.17) is 9.73 Å². The Kier molecular flexibility index (Phi) is 17.6. The Balaban J connectivity index is 0.00000729. The molecule has 0 aromatic heterocycles. The Hall–Kier alpha value is -0.120. The van der Waals surface area contributed by atoms with E-state index in [0.29, 0.717) is 5.92 Å². The van der Waals surface area contributed by atoms with Crippen molar-refractivity contribution in [1.29, 1.82) is 0 Å². The molecule has 1 heterocycles. The molecule has 1 rings (SSSR count). The molecule has 1 aliphatic rings. The van der Waals surface area contributed by atoms with Gasteiger partial charge in [-0.2, -0.15) is 0 Å². The summed E-state index contributed by atoms with van der Waals surface area (Å²) in [5, 5.41) is 6.83. The number of rotatable bonds is 13. The summed E-state index contributed by atoms with van der Waals surface area (Å²) in [6.45, 7) is 14.5. The Bertz CT molecular complexity index is 393. The largest absolute Gasteiger partial charge is 0.374 e. The minimum atomic E-state index is 0. The third-order valence-corrected chi connectivity index (χ3v) is 4.72. The summed E-state index contributed by atoms with van der Waals surface area (Å²) in [4.78, 5) is 9.52. The summed E-state index contributed by atoms with van der Waals surface area (Å²) in [5.41, 5.74) is 0. The van der Waals surface area contributed by atoms with Gasteiger partial charge in [-0.25, -0.2) is 0 Å². The molecule has 1 atom stereocenters. The molecule has 0 aromatic carbocycles. The molecule has 2 N–H and O–H groups in total. The van der Waals surface area contributed by atoms with Crippen LogP contribution >= 0.6 is 24.0 Å². The first-order chi connectivity index (χ1) is 13.0. The van der Waals surface area contributed by atoms with Gasteiger partial charge in [-0.15, -0.1) is 24.0 Å². The van der Waals surface area contributed by atoms with Crippen LogP contribution in [0.15, 0.2) is 4.99 Å². The van der Waals surface area contributed by atoms with Crippen molar-refractivity contribution in [3.05, 3.63) is 0 Å². The highest BCUT2D eigenvalue weighted by molar-refractivity contribution is 14.0. The van der Waals surface area contributed by atoms with E-state index in [1.807, 2.05) is 0 Å². The fourth-order valence-corrected chi connectivity index (χ4v) is 3.40. The zero-order valence-electron chi connectivity index (χ0n) is 19.0. The van der Waals surface area contributed by atoms with Crippen LogP contribution < -0.4 is 10.6 Å². The quantitative estimate of drug-likeness (QED) is 0.172. The zero-order chi connectivity index (χ0) is 19.9. The van der Waals surface area contributed by atoms with Crippen molar-refractivity contribution in [2.45, 2.75) is 59.0 Å². The molecule has 0 spiro atoms. The first kappa shape index (κ1) is 27.9. The summed E-state index contributed by atoms with van der Waals surface area (Å²) in [6, 6.07) is 0. The molecule has 1 saturated heterocycles. The predicted octanol–water partition coefficient (Wildman–Crippen LogP) is 3.03. The number of guanidine groups is 1. The second kappa shape index (κ2) is 17.7. The third kappa shape index (κ3) is 14.8. The predicted molar refractivity (Wildman–Crippen MR) is 132 cm³/mol. The normalized spacial score (nSPS) is 18.4. The molecule has 0 amide bonds. The van der Waals surface area contributed by atoms with Gasteiger partial charge in [0.1, 0.15) is 0 Å². The van der Waals surface area contributed by atoms with Crippen molar-refractivity contribution in [3.63, 3.8) is 0 Å². The Labute approximate surface area is 191 Å². The van der Waals surface area contributed by atoms with Gasteiger partial charge in [-0.05, 0) is 46.3 Å². The van der Waals surface area contributed by atoms with E-state index in [0.717, 1.165) is 51.8 Å². The highest BCUT2D eigenvalue weighted by Crippen LogP contribution is 2.08. The fraction of sp³-hybridized carbons (Fsp3) is 0.952. The minimum Gasteiger partial charge on any atom is -0.374 e. The number of nitrogens with zero attached hydrogens (tertiary/aromatic N) is 3. The van der Waals surface area contributed by atoms with Gasteiger partial charge in [0.25, 0.3) is 0 Å². The zero-order valence-corrected chi connectivity index (χ0v) is 21.3. The monoisotopic (exact) mass is 511 g/mol. The summed E-state index contributed by atoms with van der Waals surface area (Å²) < 4.78 is 5.91. The first-order valence-corrected chi connectivity index (χ1v) is 11.0. The Morgan fingerprint density at radius 1 is 1.14 bits per heavy atom. The van der Waals surface area contributed by atoms with Crippen molar-refractivity contribution < 1.29 is 4.74 Å². The summed E-state index contributed by atoms with van der Waals surface area (Å²) >= 11 is 0. The maximum absolute atomic E-state index is 5.91. The van der Waals surface area contributed by atoms with Gasteiger partial charge in [-0.3, -0.25) is 9.89 Å². The number of hydrogen-bond acceptors (Lipinski definition) is 4. The number of aliphatic imine (C=N–C) groups is 1. The molecule has 0 aliphatic carbocycles. The van der Waals surface area contributed by atoms with Crippen LogP contribution in [0.2, 0.25) is 0 Å². The van der Waals surface area contributed by atoms with Gasteiger partial charge in [0, 0.05) is 32.7 Å². The number of nitrogens with one attached hydrogen (secondary N) is 2. The van der Waals surface area contributed by atoms with Crippen LogP contribution in [0.1, 0.15) is 52.9 Å². The number of unbranched alkanes of at least 4 members (excludes halogenated alkanes) is 4. The van der Waals surface area contributed by atoms with Crippen LogP contribution in [0.25, 0.3) is 0 Å². The summed E-state index contributed by atoms with van der Waals surface area (Å²) in [7, 11) is 4.29. The molecule has 1 fully saturated rings. The molecular weight excluding hydrogens is 465 g/mol. The smallest absolute Gasteiger partial charge is 0.191 e. The van der Waals surface area contributed by atoms with E-state index in [2.05, 4.69) is 55.3 Å². The average molecular weight is 512 g/mol. The first-order valence-electron chi connectivity index (χ1n) is 11.0. The molecule has 1 aliphatic heterocycles. The van der Waals surface area contributed by atoms with Gasteiger partial charge in [0.15, 0.2) is 5.96 Å². The highest BCUT2D eigenvalue weighted by Gasteiger charge is 2.20. The van der Waals surface area contributed by atoms with Crippen LogP contribution in [-0.4, -0.2) is 88.4 Å².